The fourth-order valence-electron chi connectivity index (χ4n) is 3.33. The molecule has 0 aliphatic heterocycles. The summed E-state index contributed by atoms with van der Waals surface area (Å²) in [6.07, 6.45) is 3.47. The molecule has 0 bridgehead atoms. The number of furan rings is 1. The maximum Gasteiger partial charge on any atom is 0.226 e. The van der Waals surface area contributed by atoms with E-state index in [1.54, 1.807) is 44.6 Å². The lowest BCUT2D eigenvalue weighted by Crippen LogP contribution is -2.31. The molecular weight excluding hydrogens is 388 g/mol. The van der Waals surface area contributed by atoms with Crippen LogP contribution >= 0.6 is 0 Å². The fraction of sp³-hybridized carbons (Fsp3) is 0.364. The zero-order valence-corrected chi connectivity index (χ0v) is 17.2. The third-order valence-corrected chi connectivity index (χ3v) is 5.03. The standard InChI is InChI=1S/C22H24N2O6/c1-26-19-9-15(10-20(27-2)21(19)28-3)18-11-16(23-30-18)12-24(22(25)14-6-7-14)13-17-5-4-8-29-17/h4-5,8-11,14H,6-7,12-13H2,1-3H3. The Balaban J connectivity index is 1.57. The molecule has 1 saturated carbocycles. The van der Waals surface area contributed by atoms with Gasteiger partial charge in [-0.15, -0.1) is 0 Å². The van der Waals surface area contributed by atoms with E-state index in [1.165, 1.54) is 0 Å². The van der Waals surface area contributed by atoms with Crippen molar-refractivity contribution in [3.63, 3.8) is 0 Å². The van der Waals surface area contributed by atoms with Gasteiger partial charge < -0.3 is 28.1 Å². The topological polar surface area (TPSA) is 87.2 Å². The molecule has 2 aromatic heterocycles. The van der Waals surface area contributed by atoms with Crippen molar-refractivity contribution < 1.29 is 27.9 Å². The van der Waals surface area contributed by atoms with Crippen molar-refractivity contribution in [1.29, 1.82) is 0 Å². The minimum atomic E-state index is 0.0986. The molecular formula is C22H24N2O6. The molecule has 1 fully saturated rings. The van der Waals surface area contributed by atoms with E-state index in [0.29, 0.717) is 41.8 Å². The summed E-state index contributed by atoms with van der Waals surface area (Å²) >= 11 is 0. The molecule has 8 heteroatoms. The second kappa shape index (κ2) is 8.52. The van der Waals surface area contributed by atoms with Crippen LogP contribution in [-0.2, 0) is 17.9 Å². The zero-order chi connectivity index (χ0) is 21.1. The zero-order valence-electron chi connectivity index (χ0n) is 17.2. The molecule has 158 valence electrons. The number of benzene rings is 1. The Morgan fingerprint density at radius 2 is 1.83 bits per heavy atom. The largest absolute Gasteiger partial charge is 0.493 e. The van der Waals surface area contributed by atoms with Crippen molar-refractivity contribution in [2.24, 2.45) is 5.92 Å². The van der Waals surface area contributed by atoms with Gasteiger partial charge in [0, 0.05) is 17.5 Å². The third kappa shape index (κ3) is 4.12. The maximum absolute atomic E-state index is 12.7. The highest BCUT2D eigenvalue weighted by Gasteiger charge is 2.34. The molecule has 4 rings (SSSR count). The van der Waals surface area contributed by atoms with Crippen LogP contribution in [0.3, 0.4) is 0 Å². The van der Waals surface area contributed by atoms with Gasteiger partial charge in [-0.2, -0.15) is 0 Å². The molecule has 30 heavy (non-hydrogen) atoms. The van der Waals surface area contributed by atoms with Crippen LogP contribution in [-0.4, -0.2) is 37.3 Å². The van der Waals surface area contributed by atoms with Gasteiger partial charge in [0.2, 0.25) is 11.7 Å². The lowest BCUT2D eigenvalue weighted by molar-refractivity contribution is -0.134. The smallest absolute Gasteiger partial charge is 0.226 e. The van der Waals surface area contributed by atoms with Gasteiger partial charge in [-0.1, -0.05) is 5.16 Å². The van der Waals surface area contributed by atoms with Gasteiger partial charge in [-0.05, 0) is 37.1 Å². The summed E-state index contributed by atoms with van der Waals surface area (Å²) in [4.78, 5) is 14.5. The van der Waals surface area contributed by atoms with E-state index in [0.717, 1.165) is 24.2 Å². The van der Waals surface area contributed by atoms with Crippen LogP contribution in [0.25, 0.3) is 11.3 Å². The molecule has 2 heterocycles. The number of hydrogen-bond donors (Lipinski definition) is 0. The van der Waals surface area contributed by atoms with Gasteiger partial charge >= 0.3 is 0 Å². The Morgan fingerprint density at radius 3 is 2.40 bits per heavy atom. The highest BCUT2D eigenvalue weighted by Crippen LogP contribution is 2.41. The highest BCUT2D eigenvalue weighted by molar-refractivity contribution is 5.81. The molecule has 0 unspecified atom stereocenters. The number of carbonyl (C=O) groups is 1. The van der Waals surface area contributed by atoms with Crippen molar-refractivity contribution >= 4 is 5.91 Å². The third-order valence-electron chi connectivity index (χ3n) is 5.03. The Bertz CT molecular complexity index is 982. The molecule has 0 atom stereocenters. The number of ether oxygens (including phenoxy) is 3. The van der Waals surface area contributed by atoms with Crippen molar-refractivity contribution in [3.8, 4) is 28.6 Å². The summed E-state index contributed by atoms with van der Waals surface area (Å²) in [5, 5.41) is 4.16. The van der Waals surface area contributed by atoms with Crippen LogP contribution in [0, 0.1) is 5.92 Å². The van der Waals surface area contributed by atoms with Crippen LogP contribution in [0.2, 0.25) is 0 Å². The van der Waals surface area contributed by atoms with E-state index < -0.39 is 0 Å². The number of nitrogens with zero attached hydrogens (tertiary/aromatic N) is 2. The van der Waals surface area contributed by atoms with Gasteiger partial charge in [0.05, 0.1) is 40.7 Å². The number of carbonyl (C=O) groups excluding carboxylic acids is 1. The molecule has 1 aliphatic rings. The number of rotatable bonds is 9. The summed E-state index contributed by atoms with van der Waals surface area (Å²) in [5.41, 5.74) is 1.38. The summed E-state index contributed by atoms with van der Waals surface area (Å²) in [6.45, 7) is 0.735. The molecule has 8 nitrogen and oxygen atoms in total. The first-order chi connectivity index (χ1) is 14.6. The van der Waals surface area contributed by atoms with E-state index >= 15 is 0 Å². The summed E-state index contributed by atoms with van der Waals surface area (Å²) < 4.78 is 27.1. The quantitative estimate of drug-likeness (QED) is 0.527. The first-order valence-corrected chi connectivity index (χ1v) is 9.70. The van der Waals surface area contributed by atoms with Gasteiger partial charge in [0.1, 0.15) is 11.5 Å². The van der Waals surface area contributed by atoms with Crippen molar-refractivity contribution in [2.45, 2.75) is 25.9 Å². The van der Waals surface area contributed by atoms with Crippen LogP contribution in [0.5, 0.6) is 17.2 Å². The summed E-state index contributed by atoms with van der Waals surface area (Å²) in [5.74, 6) is 3.04. The predicted octanol–water partition coefficient (Wildman–Crippen LogP) is 3.90. The fourth-order valence-corrected chi connectivity index (χ4v) is 3.33. The average molecular weight is 412 g/mol. The van der Waals surface area contributed by atoms with Crippen molar-refractivity contribution in [2.75, 3.05) is 21.3 Å². The Hall–Kier alpha value is -3.42. The first-order valence-electron chi connectivity index (χ1n) is 9.70. The average Bonchev–Trinajstić information content (AvgIpc) is 3.29. The van der Waals surface area contributed by atoms with Crippen LogP contribution in [0.15, 0.2) is 45.5 Å². The number of hydrogen-bond acceptors (Lipinski definition) is 7. The van der Waals surface area contributed by atoms with E-state index in [9.17, 15) is 4.79 Å². The predicted molar refractivity (Wildman–Crippen MR) is 107 cm³/mol. The Kier molecular flexibility index (Phi) is 5.65. The van der Waals surface area contributed by atoms with E-state index in [4.69, 9.17) is 23.2 Å². The van der Waals surface area contributed by atoms with Crippen molar-refractivity contribution in [3.05, 3.63) is 48.0 Å². The number of aromatic nitrogens is 1. The monoisotopic (exact) mass is 412 g/mol. The minimum Gasteiger partial charge on any atom is -0.493 e. The van der Waals surface area contributed by atoms with Gasteiger partial charge in [-0.3, -0.25) is 4.79 Å². The molecule has 0 saturated heterocycles. The Labute approximate surface area is 174 Å². The van der Waals surface area contributed by atoms with E-state index in [2.05, 4.69) is 5.16 Å². The summed E-state index contributed by atoms with van der Waals surface area (Å²) in [6, 6.07) is 9.07. The second-order valence-corrected chi connectivity index (χ2v) is 7.14. The highest BCUT2D eigenvalue weighted by atomic mass is 16.5. The molecule has 0 radical (unpaired) electrons. The SMILES string of the molecule is COc1cc(-c2cc(CN(Cc3ccco3)C(=O)C3CC3)no2)cc(OC)c1OC. The first kappa shape index (κ1) is 19.9. The molecule has 3 aromatic rings. The van der Waals surface area contributed by atoms with E-state index in [1.807, 2.05) is 18.2 Å². The van der Waals surface area contributed by atoms with Crippen LogP contribution in [0.4, 0.5) is 0 Å². The number of methoxy groups -OCH3 is 3. The number of amides is 1. The second-order valence-electron chi connectivity index (χ2n) is 7.14. The Morgan fingerprint density at radius 1 is 1.10 bits per heavy atom. The molecule has 0 N–H and O–H groups in total. The molecule has 1 aliphatic carbocycles. The van der Waals surface area contributed by atoms with Crippen LogP contribution in [0.1, 0.15) is 24.3 Å². The maximum atomic E-state index is 12.7. The van der Waals surface area contributed by atoms with Crippen molar-refractivity contribution in [1.82, 2.24) is 10.1 Å². The lowest BCUT2D eigenvalue weighted by atomic mass is 10.1. The molecule has 1 amide bonds. The van der Waals surface area contributed by atoms with Gasteiger partial charge in [-0.25, -0.2) is 0 Å². The van der Waals surface area contributed by atoms with E-state index in [-0.39, 0.29) is 11.8 Å². The summed E-state index contributed by atoms with van der Waals surface area (Å²) in [7, 11) is 4.67. The minimum absolute atomic E-state index is 0.0986. The lowest BCUT2D eigenvalue weighted by Gasteiger charge is -2.20. The molecule has 1 aromatic carbocycles. The van der Waals surface area contributed by atoms with Gasteiger partial charge in [0.25, 0.3) is 0 Å². The van der Waals surface area contributed by atoms with Crippen LogP contribution < -0.4 is 14.2 Å². The molecule has 0 spiro atoms. The normalized spacial score (nSPS) is 13.2. The van der Waals surface area contributed by atoms with Gasteiger partial charge in [0.15, 0.2) is 17.3 Å².